The van der Waals surface area contributed by atoms with Crippen LogP contribution in [0.5, 0.6) is 0 Å². The van der Waals surface area contributed by atoms with Crippen molar-refractivity contribution in [1.29, 1.82) is 0 Å². The van der Waals surface area contributed by atoms with Crippen LogP contribution in [0.15, 0.2) is 237 Å². The van der Waals surface area contributed by atoms with E-state index in [1.54, 1.807) is 0 Å². The van der Waals surface area contributed by atoms with Crippen molar-refractivity contribution in [2.45, 2.75) is 0 Å². The van der Waals surface area contributed by atoms with Crippen molar-refractivity contribution in [2.24, 2.45) is 0 Å². The van der Waals surface area contributed by atoms with Crippen LogP contribution in [-0.2, 0) is 0 Å². The SMILES string of the molecule is c1ccc(-n2c3ccccc3c3ccc(-c4cccc(N(c5ccc(-c6ccc7ccccc7c6)cc5)c5cccc6c5c5ccccc5n6-c5ccccc5)c4)cc32)cc1. The molecule has 286 valence electrons. The average Bonchev–Trinajstić information content (AvgIpc) is 3.85. The molecular formula is C58H39N3. The molecule has 0 spiro atoms. The van der Waals surface area contributed by atoms with Crippen LogP contribution >= 0.6 is 0 Å². The first-order valence-electron chi connectivity index (χ1n) is 20.9. The molecule has 0 saturated carbocycles. The van der Waals surface area contributed by atoms with Crippen LogP contribution in [-0.4, -0.2) is 9.13 Å². The van der Waals surface area contributed by atoms with Crippen molar-refractivity contribution in [1.82, 2.24) is 9.13 Å². The molecular weight excluding hydrogens is 739 g/mol. The summed E-state index contributed by atoms with van der Waals surface area (Å²) < 4.78 is 4.79. The second-order valence-electron chi connectivity index (χ2n) is 15.8. The summed E-state index contributed by atoms with van der Waals surface area (Å²) in [5.41, 5.74) is 15.0. The molecule has 0 atom stereocenters. The first kappa shape index (κ1) is 34.9. The van der Waals surface area contributed by atoms with Gasteiger partial charge in [0.2, 0.25) is 0 Å². The second kappa shape index (κ2) is 14.3. The van der Waals surface area contributed by atoms with E-state index in [0.29, 0.717) is 0 Å². The van der Waals surface area contributed by atoms with Crippen molar-refractivity contribution >= 4 is 71.4 Å². The van der Waals surface area contributed by atoms with Crippen LogP contribution in [0.2, 0.25) is 0 Å². The number of aromatic nitrogens is 2. The van der Waals surface area contributed by atoms with E-state index in [1.807, 2.05) is 0 Å². The Labute approximate surface area is 354 Å². The van der Waals surface area contributed by atoms with Gasteiger partial charge in [0, 0.05) is 44.3 Å². The van der Waals surface area contributed by atoms with Gasteiger partial charge < -0.3 is 14.0 Å². The van der Waals surface area contributed by atoms with Gasteiger partial charge in [0.25, 0.3) is 0 Å². The minimum absolute atomic E-state index is 1.09. The Kier molecular flexibility index (Phi) is 8.17. The van der Waals surface area contributed by atoms with E-state index in [-0.39, 0.29) is 0 Å². The zero-order valence-corrected chi connectivity index (χ0v) is 33.4. The molecule has 0 amide bonds. The molecule has 0 bridgehead atoms. The van der Waals surface area contributed by atoms with Crippen molar-refractivity contribution in [3.8, 4) is 33.6 Å². The van der Waals surface area contributed by atoms with Crippen molar-refractivity contribution in [3.63, 3.8) is 0 Å². The first-order valence-corrected chi connectivity index (χ1v) is 20.9. The Balaban J connectivity index is 1.06. The highest BCUT2D eigenvalue weighted by molar-refractivity contribution is 6.17. The molecule has 0 fully saturated rings. The Bertz CT molecular complexity index is 3580. The fraction of sp³-hybridized carbons (Fsp3) is 0. The molecule has 3 nitrogen and oxygen atoms in total. The van der Waals surface area contributed by atoms with E-state index in [9.17, 15) is 0 Å². The summed E-state index contributed by atoms with van der Waals surface area (Å²) in [5, 5.41) is 7.41. The third-order valence-electron chi connectivity index (χ3n) is 12.3. The van der Waals surface area contributed by atoms with Crippen LogP contribution in [0.4, 0.5) is 17.1 Å². The van der Waals surface area contributed by atoms with E-state index in [0.717, 1.165) is 39.5 Å². The van der Waals surface area contributed by atoms with E-state index in [1.165, 1.54) is 65.6 Å². The Morgan fingerprint density at radius 1 is 0.279 bits per heavy atom. The minimum Gasteiger partial charge on any atom is -0.310 e. The molecule has 61 heavy (non-hydrogen) atoms. The largest absolute Gasteiger partial charge is 0.310 e. The van der Waals surface area contributed by atoms with E-state index < -0.39 is 0 Å². The van der Waals surface area contributed by atoms with Crippen LogP contribution in [0, 0.1) is 0 Å². The molecule has 0 unspecified atom stereocenters. The first-order chi connectivity index (χ1) is 30.3. The lowest BCUT2D eigenvalue weighted by molar-refractivity contribution is 1.18. The monoisotopic (exact) mass is 777 g/mol. The standard InChI is InChI=1S/C58H39N3/c1-3-18-46(19-4-1)60-54-26-12-10-24-52(54)58-55(27-14-28-56(58)60)59(48-34-31-41(32-35-48)44-30-29-40-15-7-8-16-42(40)37-44)49-22-13-17-43(38-49)45-33-36-51-50-23-9-11-25-53(50)61(57(51)39-45)47-20-5-2-6-21-47/h1-39H. The highest BCUT2D eigenvalue weighted by atomic mass is 15.1. The predicted molar refractivity (Wildman–Crippen MR) is 258 cm³/mol. The number of benzene rings is 10. The smallest absolute Gasteiger partial charge is 0.0562 e. The molecule has 0 aliphatic carbocycles. The summed E-state index contributed by atoms with van der Waals surface area (Å²) in [6.45, 7) is 0. The zero-order chi connectivity index (χ0) is 40.3. The Morgan fingerprint density at radius 3 is 1.59 bits per heavy atom. The molecule has 0 aliphatic heterocycles. The molecule has 2 aromatic heterocycles. The van der Waals surface area contributed by atoms with Gasteiger partial charge in [-0.25, -0.2) is 0 Å². The minimum atomic E-state index is 1.09. The molecule has 12 rings (SSSR count). The number of rotatable bonds is 7. The van der Waals surface area contributed by atoms with E-state index >= 15 is 0 Å². The van der Waals surface area contributed by atoms with Gasteiger partial charge in [0.05, 0.1) is 27.8 Å². The van der Waals surface area contributed by atoms with Gasteiger partial charge in [-0.1, -0.05) is 152 Å². The van der Waals surface area contributed by atoms with Crippen molar-refractivity contribution in [2.75, 3.05) is 4.90 Å². The van der Waals surface area contributed by atoms with E-state index in [2.05, 4.69) is 251 Å². The maximum Gasteiger partial charge on any atom is 0.0562 e. The molecule has 0 aliphatic rings. The van der Waals surface area contributed by atoms with Crippen LogP contribution in [0.25, 0.3) is 88.0 Å². The van der Waals surface area contributed by atoms with Gasteiger partial charge in [-0.05, 0) is 118 Å². The summed E-state index contributed by atoms with van der Waals surface area (Å²) >= 11 is 0. The summed E-state index contributed by atoms with van der Waals surface area (Å²) in [6, 6.07) is 86.0. The van der Waals surface area contributed by atoms with Crippen molar-refractivity contribution < 1.29 is 0 Å². The number of hydrogen-bond acceptors (Lipinski definition) is 1. The van der Waals surface area contributed by atoms with Gasteiger partial charge in [-0.2, -0.15) is 0 Å². The maximum atomic E-state index is 2.44. The normalized spacial score (nSPS) is 11.6. The highest BCUT2D eigenvalue weighted by Crippen LogP contribution is 2.45. The lowest BCUT2D eigenvalue weighted by Crippen LogP contribution is -2.10. The molecule has 0 radical (unpaired) electrons. The van der Waals surface area contributed by atoms with Crippen LogP contribution in [0.1, 0.15) is 0 Å². The predicted octanol–water partition coefficient (Wildman–Crippen LogP) is 15.8. The molecule has 0 N–H and O–H groups in total. The Hall–Kier alpha value is -8.14. The lowest BCUT2D eigenvalue weighted by atomic mass is 10.00. The average molecular weight is 778 g/mol. The number of fused-ring (bicyclic) bond motifs is 7. The number of nitrogens with zero attached hydrogens (tertiary/aromatic N) is 3. The third-order valence-corrected chi connectivity index (χ3v) is 12.3. The second-order valence-corrected chi connectivity index (χ2v) is 15.8. The fourth-order valence-corrected chi connectivity index (χ4v) is 9.47. The summed E-state index contributed by atoms with van der Waals surface area (Å²) in [5.74, 6) is 0. The summed E-state index contributed by atoms with van der Waals surface area (Å²) in [6.07, 6.45) is 0. The molecule has 3 heteroatoms. The zero-order valence-electron chi connectivity index (χ0n) is 33.4. The highest BCUT2D eigenvalue weighted by Gasteiger charge is 2.22. The van der Waals surface area contributed by atoms with Gasteiger partial charge in [-0.15, -0.1) is 0 Å². The van der Waals surface area contributed by atoms with Crippen molar-refractivity contribution in [3.05, 3.63) is 237 Å². The lowest BCUT2D eigenvalue weighted by Gasteiger charge is -2.27. The fourth-order valence-electron chi connectivity index (χ4n) is 9.47. The van der Waals surface area contributed by atoms with E-state index in [4.69, 9.17) is 0 Å². The van der Waals surface area contributed by atoms with Gasteiger partial charge in [0.1, 0.15) is 0 Å². The molecule has 2 heterocycles. The topological polar surface area (TPSA) is 13.1 Å². The molecule has 10 aromatic carbocycles. The van der Waals surface area contributed by atoms with Gasteiger partial charge in [0.15, 0.2) is 0 Å². The number of para-hydroxylation sites is 4. The van der Waals surface area contributed by atoms with Gasteiger partial charge >= 0.3 is 0 Å². The number of hydrogen-bond donors (Lipinski definition) is 0. The Morgan fingerprint density at radius 2 is 0.820 bits per heavy atom. The van der Waals surface area contributed by atoms with Crippen LogP contribution in [0.3, 0.4) is 0 Å². The molecule has 12 aromatic rings. The number of anilines is 3. The third kappa shape index (κ3) is 5.82. The maximum absolute atomic E-state index is 2.44. The summed E-state index contributed by atoms with van der Waals surface area (Å²) in [4.78, 5) is 2.44. The summed E-state index contributed by atoms with van der Waals surface area (Å²) in [7, 11) is 0. The molecule has 0 saturated heterocycles. The van der Waals surface area contributed by atoms with Gasteiger partial charge in [-0.3, -0.25) is 0 Å². The van der Waals surface area contributed by atoms with Crippen LogP contribution < -0.4 is 4.90 Å². The quantitative estimate of drug-likeness (QED) is 0.157.